The van der Waals surface area contributed by atoms with Crippen LogP contribution in [0.1, 0.15) is 6.42 Å². The maximum absolute atomic E-state index is 12.8. The minimum Gasteiger partial charge on any atom is -0.486 e. The summed E-state index contributed by atoms with van der Waals surface area (Å²) in [5.74, 6) is 1.33. The third-order valence-corrected chi connectivity index (χ3v) is 3.54. The van der Waals surface area contributed by atoms with E-state index < -0.39 is 0 Å². The van der Waals surface area contributed by atoms with E-state index in [1.807, 2.05) is 24.3 Å². The Kier molecular flexibility index (Phi) is 5.15. The molecule has 24 heavy (non-hydrogen) atoms. The number of hydrogen-bond acceptors (Lipinski definition) is 4. The molecule has 0 aromatic heterocycles. The van der Waals surface area contributed by atoms with Crippen molar-refractivity contribution in [1.82, 2.24) is 5.32 Å². The molecule has 6 heteroatoms. The quantitative estimate of drug-likeness (QED) is 0.884. The predicted molar refractivity (Wildman–Crippen MR) is 85.9 cm³/mol. The minimum atomic E-state index is -0.344. The second kappa shape index (κ2) is 7.68. The van der Waals surface area contributed by atoms with Gasteiger partial charge in [-0.2, -0.15) is 0 Å². The van der Waals surface area contributed by atoms with Crippen LogP contribution in [-0.2, 0) is 4.79 Å². The molecule has 3 rings (SSSR count). The molecular formula is C18H18FNO4. The third kappa shape index (κ3) is 4.38. The number of carbonyl (C=O) groups excluding carboxylic acids is 1. The molecule has 5 nitrogen and oxygen atoms in total. The van der Waals surface area contributed by atoms with Crippen LogP contribution in [0.2, 0.25) is 0 Å². The lowest BCUT2D eigenvalue weighted by Crippen LogP contribution is -2.35. The number of carbonyl (C=O) groups is 1. The summed E-state index contributed by atoms with van der Waals surface area (Å²) >= 11 is 0. The summed E-state index contributed by atoms with van der Waals surface area (Å²) < 4.78 is 29.5. The van der Waals surface area contributed by atoms with Gasteiger partial charge in [-0.1, -0.05) is 12.1 Å². The van der Waals surface area contributed by atoms with Crippen molar-refractivity contribution in [2.45, 2.75) is 12.5 Å². The minimum absolute atomic E-state index is 0.0989. The number of ether oxygens (including phenoxy) is 3. The Hall–Kier alpha value is -2.76. The van der Waals surface area contributed by atoms with E-state index in [0.29, 0.717) is 25.3 Å². The van der Waals surface area contributed by atoms with E-state index in [2.05, 4.69) is 5.32 Å². The second-order valence-corrected chi connectivity index (χ2v) is 5.38. The van der Waals surface area contributed by atoms with Gasteiger partial charge in [-0.15, -0.1) is 0 Å². The van der Waals surface area contributed by atoms with Gasteiger partial charge >= 0.3 is 0 Å². The molecule has 0 spiro atoms. The molecule has 0 unspecified atom stereocenters. The number of halogens is 1. The van der Waals surface area contributed by atoms with Gasteiger partial charge in [0.25, 0.3) is 5.91 Å². The topological polar surface area (TPSA) is 56.8 Å². The average molecular weight is 331 g/mol. The van der Waals surface area contributed by atoms with Crippen LogP contribution >= 0.6 is 0 Å². The monoisotopic (exact) mass is 331 g/mol. The Morgan fingerprint density at radius 3 is 2.71 bits per heavy atom. The lowest BCUT2D eigenvalue weighted by Gasteiger charge is -2.26. The Bertz CT molecular complexity index is 690. The van der Waals surface area contributed by atoms with Gasteiger partial charge in [-0.25, -0.2) is 4.39 Å². The molecule has 1 N–H and O–H groups in total. The van der Waals surface area contributed by atoms with Gasteiger partial charge in [0.15, 0.2) is 18.1 Å². The van der Waals surface area contributed by atoms with E-state index in [9.17, 15) is 9.18 Å². The zero-order chi connectivity index (χ0) is 16.8. The van der Waals surface area contributed by atoms with E-state index in [-0.39, 0.29) is 24.4 Å². The van der Waals surface area contributed by atoms with Crippen LogP contribution < -0.4 is 19.5 Å². The van der Waals surface area contributed by atoms with Crippen LogP contribution in [0.5, 0.6) is 17.2 Å². The lowest BCUT2D eigenvalue weighted by molar-refractivity contribution is -0.123. The van der Waals surface area contributed by atoms with E-state index in [1.165, 1.54) is 24.3 Å². The molecule has 1 aliphatic heterocycles. The van der Waals surface area contributed by atoms with Crippen LogP contribution in [0.25, 0.3) is 0 Å². The van der Waals surface area contributed by atoms with Crippen LogP contribution in [0.4, 0.5) is 4.39 Å². The number of para-hydroxylation sites is 2. The van der Waals surface area contributed by atoms with Gasteiger partial charge in [0.2, 0.25) is 0 Å². The third-order valence-electron chi connectivity index (χ3n) is 3.54. The van der Waals surface area contributed by atoms with Crippen molar-refractivity contribution >= 4 is 5.91 Å². The molecule has 1 aliphatic rings. The van der Waals surface area contributed by atoms with Gasteiger partial charge in [0, 0.05) is 13.0 Å². The highest BCUT2D eigenvalue weighted by molar-refractivity contribution is 5.77. The van der Waals surface area contributed by atoms with Crippen molar-refractivity contribution < 1.29 is 23.4 Å². The molecule has 0 saturated heterocycles. The van der Waals surface area contributed by atoms with Crippen LogP contribution in [0.3, 0.4) is 0 Å². The first kappa shape index (κ1) is 16.1. The van der Waals surface area contributed by atoms with Gasteiger partial charge in [0.1, 0.15) is 24.3 Å². The van der Waals surface area contributed by atoms with Crippen LogP contribution in [-0.4, -0.2) is 31.8 Å². The first-order valence-electron chi connectivity index (χ1n) is 7.74. The Labute approximate surface area is 139 Å². The average Bonchev–Trinajstić information content (AvgIpc) is 2.61. The number of fused-ring (bicyclic) bond motifs is 1. The largest absolute Gasteiger partial charge is 0.486 e. The van der Waals surface area contributed by atoms with Crippen molar-refractivity contribution in [1.29, 1.82) is 0 Å². The summed E-state index contributed by atoms with van der Waals surface area (Å²) in [5, 5.41) is 2.76. The molecule has 0 radical (unpaired) electrons. The van der Waals surface area contributed by atoms with Gasteiger partial charge in [-0.3, -0.25) is 4.79 Å². The molecule has 0 saturated carbocycles. The van der Waals surface area contributed by atoms with Crippen molar-refractivity contribution in [2.75, 3.05) is 19.8 Å². The van der Waals surface area contributed by atoms with Gasteiger partial charge in [-0.05, 0) is 36.4 Å². The molecule has 1 atom stereocenters. The summed E-state index contributed by atoms with van der Waals surface area (Å²) in [6, 6.07) is 13.0. The number of benzene rings is 2. The standard InChI is InChI=1S/C18H18FNO4/c19-13-5-7-14(8-6-13)22-12-18(21)20-10-9-15-11-23-16-3-1-2-4-17(16)24-15/h1-8,15H,9-12H2,(H,20,21)/t15-/m1/s1. The first-order chi connectivity index (χ1) is 11.7. The van der Waals surface area contributed by atoms with E-state index in [1.54, 1.807) is 0 Å². The van der Waals surface area contributed by atoms with E-state index in [4.69, 9.17) is 14.2 Å². The SMILES string of the molecule is O=C(COc1ccc(F)cc1)NCC[C@@H]1COc2ccccc2O1. The first-order valence-corrected chi connectivity index (χ1v) is 7.74. The van der Waals surface area contributed by atoms with Crippen molar-refractivity contribution in [3.05, 3.63) is 54.3 Å². The molecule has 0 aliphatic carbocycles. The molecule has 2 aromatic carbocycles. The highest BCUT2D eigenvalue weighted by Crippen LogP contribution is 2.31. The fraction of sp³-hybridized carbons (Fsp3) is 0.278. The molecule has 126 valence electrons. The zero-order valence-corrected chi connectivity index (χ0v) is 13.0. The molecule has 0 bridgehead atoms. The number of nitrogens with one attached hydrogen (secondary N) is 1. The maximum Gasteiger partial charge on any atom is 0.257 e. The smallest absolute Gasteiger partial charge is 0.257 e. The fourth-order valence-electron chi connectivity index (χ4n) is 2.31. The number of amides is 1. The molecule has 1 heterocycles. The Morgan fingerprint density at radius 1 is 1.17 bits per heavy atom. The van der Waals surface area contributed by atoms with E-state index >= 15 is 0 Å². The van der Waals surface area contributed by atoms with Crippen molar-refractivity contribution in [3.63, 3.8) is 0 Å². The highest BCUT2D eigenvalue weighted by Gasteiger charge is 2.20. The van der Waals surface area contributed by atoms with Crippen molar-refractivity contribution in [3.8, 4) is 17.2 Å². The molecule has 1 amide bonds. The molecule has 2 aromatic rings. The summed E-state index contributed by atoms with van der Waals surface area (Å²) in [5.41, 5.74) is 0. The Balaban J connectivity index is 1.36. The highest BCUT2D eigenvalue weighted by atomic mass is 19.1. The lowest BCUT2D eigenvalue weighted by atomic mass is 10.2. The van der Waals surface area contributed by atoms with Crippen LogP contribution in [0.15, 0.2) is 48.5 Å². The summed E-state index contributed by atoms with van der Waals surface area (Å²) in [6.07, 6.45) is 0.537. The predicted octanol–water partition coefficient (Wildman–Crippen LogP) is 2.55. The van der Waals surface area contributed by atoms with Crippen molar-refractivity contribution in [2.24, 2.45) is 0 Å². The second-order valence-electron chi connectivity index (χ2n) is 5.38. The summed E-state index contributed by atoms with van der Waals surface area (Å²) in [6.45, 7) is 0.803. The number of rotatable bonds is 6. The Morgan fingerprint density at radius 2 is 1.92 bits per heavy atom. The van der Waals surface area contributed by atoms with Gasteiger partial charge in [0.05, 0.1) is 0 Å². The normalized spacial score (nSPS) is 15.6. The maximum atomic E-state index is 12.8. The summed E-state index contributed by atoms with van der Waals surface area (Å²) in [4.78, 5) is 11.7. The van der Waals surface area contributed by atoms with Gasteiger partial charge < -0.3 is 19.5 Å². The fourth-order valence-corrected chi connectivity index (χ4v) is 2.31. The summed E-state index contributed by atoms with van der Waals surface area (Å²) in [7, 11) is 0. The van der Waals surface area contributed by atoms with Crippen LogP contribution in [0, 0.1) is 5.82 Å². The number of hydrogen-bond donors (Lipinski definition) is 1. The molecule has 0 fully saturated rings. The zero-order valence-electron chi connectivity index (χ0n) is 13.0. The molecular weight excluding hydrogens is 313 g/mol. The van der Waals surface area contributed by atoms with E-state index in [0.717, 1.165) is 11.5 Å².